The van der Waals surface area contributed by atoms with E-state index in [4.69, 9.17) is 0 Å². The molecule has 1 fully saturated rings. The minimum Gasteiger partial charge on any atom is -0.296 e. The molecule has 2 heterocycles. The van der Waals surface area contributed by atoms with Crippen LogP contribution in [0.3, 0.4) is 0 Å². The highest BCUT2D eigenvalue weighted by atomic mass is 32.1. The molecule has 1 amide bonds. The quantitative estimate of drug-likeness (QED) is 0.731. The summed E-state index contributed by atoms with van der Waals surface area (Å²) in [5.74, 6) is 1.91. The molecule has 1 atom stereocenters. The summed E-state index contributed by atoms with van der Waals surface area (Å²) in [7, 11) is 0. The minimum atomic E-state index is 0.128. The topological polar surface area (TPSA) is 46.1 Å². The molecule has 4 nitrogen and oxygen atoms in total. The number of carbonyl (C=O) groups is 1. The SMILES string of the molecule is O=C1CC(CS)CN1c1ccncn1. The smallest absolute Gasteiger partial charge is 0.228 e. The second-order valence-corrected chi connectivity index (χ2v) is 3.69. The average molecular weight is 209 g/mol. The van der Waals surface area contributed by atoms with Crippen molar-refractivity contribution in [2.75, 3.05) is 17.2 Å². The second-order valence-electron chi connectivity index (χ2n) is 3.32. The van der Waals surface area contributed by atoms with E-state index >= 15 is 0 Å². The van der Waals surface area contributed by atoms with Gasteiger partial charge in [-0.05, 0) is 17.7 Å². The molecule has 1 aliphatic heterocycles. The van der Waals surface area contributed by atoms with Crippen molar-refractivity contribution in [3.05, 3.63) is 18.6 Å². The summed E-state index contributed by atoms with van der Waals surface area (Å²) >= 11 is 4.20. The number of aromatic nitrogens is 2. The zero-order valence-electron chi connectivity index (χ0n) is 7.63. The second kappa shape index (κ2) is 3.96. The van der Waals surface area contributed by atoms with Crippen LogP contribution in [0.2, 0.25) is 0 Å². The molecule has 1 aliphatic rings. The van der Waals surface area contributed by atoms with Crippen molar-refractivity contribution in [3.63, 3.8) is 0 Å². The van der Waals surface area contributed by atoms with Gasteiger partial charge in [-0.1, -0.05) is 0 Å². The molecular formula is C9H11N3OS. The van der Waals surface area contributed by atoms with E-state index in [1.807, 2.05) is 0 Å². The van der Waals surface area contributed by atoms with Crippen LogP contribution in [0, 0.1) is 5.92 Å². The van der Waals surface area contributed by atoms with Gasteiger partial charge in [-0.3, -0.25) is 9.69 Å². The van der Waals surface area contributed by atoms with E-state index in [9.17, 15) is 4.79 Å². The molecule has 0 N–H and O–H groups in total. The van der Waals surface area contributed by atoms with Crippen LogP contribution in [0.15, 0.2) is 18.6 Å². The predicted molar refractivity (Wildman–Crippen MR) is 56.3 cm³/mol. The van der Waals surface area contributed by atoms with Gasteiger partial charge in [0, 0.05) is 19.2 Å². The summed E-state index contributed by atoms with van der Waals surface area (Å²) in [4.78, 5) is 21.1. The maximum absolute atomic E-state index is 11.6. The lowest BCUT2D eigenvalue weighted by Gasteiger charge is -2.14. The molecule has 1 unspecified atom stereocenters. The van der Waals surface area contributed by atoms with E-state index in [2.05, 4.69) is 22.6 Å². The fraction of sp³-hybridized carbons (Fsp3) is 0.444. The number of hydrogen-bond donors (Lipinski definition) is 1. The highest BCUT2D eigenvalue weighted by molar-refractivity contribution is 7.80. The maximum atomic E-state index is 11.6. The van der Waals surface area contributed by atoms with Gasteiger partial charge in [0.2, 0.25) is 5.91 Å². The summed E-state index contributed by atoms with van der Waals surface area (Å²) in [5, 5.41) is 0. The lowest BCUT2D eigenvalue weighted by Crippen LogP contribution is -2.25. The number of rotatable bonds is 2. The normalized spacial score (nSPS) is 21.6. The average Bonchev–Trinajstić information content (AvgIpc) is 2.61. The van der Waals surface area contributed by atoms with Gasteiger partial charge < -0.3 is 0 Å². The molecule has 0 saturated carbocycles. The lowest BCUT2D eigenvalue weighted by molar-refractivity contribution is -0.117. The van der Waals surface area contributed by atoms with Gasteiger partial charge in [0.1, 0.15) is 12.1 Å². The molecular weight excluding hydrogens is 198 g/mol. The first-order chi connectivity index (χ1) is 6.81. The monoisotopic (exact) mass is 209 g/mol. The van der Waals surface area contributed by atoms with E-state index in [1.165, 1.54) is 6.33 Å². The summed E-state index contributed by atoms with van der Waals surface area (Å²) < 4.78 is 0. The maximum Gasteiger partial charge on any atom is 0.228 e. The number of thiol groups is 1. The van der Waals surface area contributed by atoms with E-state index in [1.54, 1.807) is 17.2 Å². The number of hydrogen-bond acceptors (Lipinski definition) is 4. The molecule has 1 aromatic heterocycles. The Kier molecular flexibility index (Phi) is 2.67. The third-order valence-corrected chi connectivity index (χ3v) is 2.82. The van der Waals surface area contributed by atoms with Gasteiger partial charge in [-0.25, -0.2) is 9.97 Å². The van der Waals surface area contributed by atoms with Crippen LogP contribution in [-0.4, -0.2) is 28.2 Å². The Bertz CT molecular complexity index is 330. The van der Waals surface area contributed by atoms with Crippen molar-refractivity contribution in [2.45, 2.75) is 6.42 Å². The summed E-state index contributed by atoms with van der Waals surface area (Å²) in [5.41, 5.74) is 0. The van der Waals surface area contributed by atoms with Crippen LogP contribution in [0.25, 0.3) is 0 Å². The Labute approximate surface area is 87.8 Å². The van der Waals surface area contributed by atoms with Gasteiger partial charge >= 0.3 is 0 Å². The van der Waals surface area contributed by atoms with Crippen molar-refractivity contribution in [1.29, 1.82) is 0 Å². The highest BCUT2D eigenvalue weighted by Gasteiger charge is 2.30. The van der Waals surface area contributed by atoms with E-state index < -0.39 is 0 Å². The molecule has 0 aromatic carbocycles. The zero-order chi connectivity index (χ0) is 9.97. The van der Waals surface area contributed by atoms with Crippen molar-refractivity contribution in [1.82, 2.24) is 9.97 Å². The van der Waals surface area contributed by atoms with E-state index in [-0.39, 0.29) is 5.91 Å². The van der Waals surface area contributed by atoms with Gasteiger partial charge in [-0.15, -0.1) is 0 Å². The predicted octanol–water partition coefficient (Wildman–Crippen LogP) is 0.759. The number of carbonyl (C=O) groups excluding carboxylic acids is 1. The standard InChI is InChI=1S/C9H11N3OS/c13-9-3-7(5-14)4-12(9)8-1-2-10-6-11-8/h1-2,6-7,14H,3-5H2. The van der Waals surface area contributed by atoms with Crippen LogP contribution in [0.1, 0.15) is 6.42 Å². The molecule has 0 aliphatic carbocycles. The molecule has 74 valence electrons. The van der Waals surface area contributed by atoms with Crippen molar-refractivity contribution in [3.8, 4) is 0 Å². The number of anilines is 1. The van der Waals surface area contributed by atoms with Crippen LogP contribution in [0.5, 0.6) is 0 Å². The number of nitrogens with zero attached hydrogens (tertiary/aromatic N) is 3. The van der Waals surface area contributed by atoms with Gasteiger partial charge in [-0.2, -0.15) is 12.6 Å². The Morgan fingerprint density at radius 1 is 1.64 bits per heavy atom. The van der Waals surface area contributed by atoms with Crippen molar-refractivity contribution < 1.29 is 4.79 Å². The molecule has 0 bridgehead atoms. The van der Waals surface area contributed by atoms with Crippen LogP contribution in [0.4, 0.5) is 5.82 Å². The fourth-order valence-corrected chi connectivity index (χ4v) is 1.81. The third kappa shape index (κ3) is 1.72. The largest absolute Gasteiger partial charge is 0.296 e. The molecule has 14 heavy (non-hydrogen) atoms. The van der Waals surface area contributed by atoms with E-state index in [0.29, 0.717) is 18.2 Å². The minimum absolute atomic E-state index is 0.128. The van der Waals surface area contributed by atoms with E-state index in [0.717, 1.165) is 12.3 Å². The van der Waals surface area contributed by atoms with Gasteiger partial charge in [0.15, 0.2) is 0 Å². The Hall–Kier alpha value is -1.10. The molecule has 0 spiro atoms. The highest BCUT2D eigenvalue weighted by Crippen LogP contribution is 2.23. The first-order valence-electron chi connectivity index (χ1n) is 4.48. The number of amides is 1. The molecule has 5 heteroatoms. The lowest BCUT2D eigenvalue weighted by atomic mass is 10.1. The zero-order valence-corrected chi connectivity index (χ0v) is 8.52. The summed E-state index contributed by atoms with van der Waals surface area (Å²) in [6.07, 6.45) is 3.67. The summed E-state index contributed by atoms with van der Waals surface area (Å²) in [6, 6.07) is 1.75. The van der Waals surface area contributed by atoms with Crippen LogP contribution >= 0.6 is 12.6 Å². The molecule has 1 aromatic rings. The van der Waals surface area contributed by atoms with Crippen LogP contribution in [-0.2, 0) is 4.79 Å². The molecule has 1 saturated heterocycles. The summed E-state index contributed by atoms with van der Waals surface area (Å²) in [6.45, 7) is 0.722. The first kappa shape index (κ1) is 9.45. The van der Waals surface area contributed by atoms with Gasteiger partial charge in [0.25, 0.3) is 0 Å². The van der Waals surface area contributed by atoms with Crippen molar-refractivity contribution >= 4 is 24.4 Å². The molecule has 2 rings (SSSR count). The van der Waals surface area contributed by atoms with Crippen LogP contribution < -0.4 is 4.90 Å². The van der Waals surface area contributed by atoms with Gasteiger partial charge in [0.05, 0.1) is 0 Å². The third-order valence-electron chi connectivity index (χ3n) is 2.31. The Balaban J connectivity index is 2.17. The Morgan fingerprint density at radius 3 is 3.07 bits per heavy atom. The first-order valence-corrected chi connectivity index (χ1v) is 5.11. The van der Waals surface area contributed by atoms with Crippen molar-refractivity contribution in [2.24, 2.45) is 5.92 Å². The molecule has 0 radical (unpaired) electrons. The Morgan fingerprint density at radius 2 is 2.50 bits per heavy atom. The fourth-order valence-electron chi connectivity index (χ4n) is 1.57.